The smallest absolute Gasteiger partial charge is 0.298 e. The molecule has 5 nitrogen and oxygen atoms in total. The molecular formula is C15H16N4O. The third-order valence-corrected chi connectivity index (χ3v) is 3.85. The van der Waals surface area contributed by atoms with Crippen LogP contribution in [0.4, 0.5) is 6.01 Å². The third-order valence-electron chi connectivity index (χ3n) is 3.85. The van der Waals surface area contributed by atoms with Crippen molar-refractivity contribution in [3.63, 3.8) is 0 Å². The quantitative estimate of drug-likeness (QED) is 0.717. The highest BCUT2D eigenvalue weighted by molar-refractivity contribution is 5.74. The standard InChI is InChI=1S/C15H16N4O/c1-2-7-14-13(6-1)17-15(20-14)18-9-3-5-12(11-18)19-10-4-8-16-19/h1-2,4,6-8,10,12H,3,5,9,11H2. The molecule has 1 unspecified atom stereocenters. The van der Waals surface area contributed by atoms with Crippen LogP contribution in [0.15, 0.2) is 47.1 Å². The number of aromatic nitrogens is 3. The van der Waals surface area contributed by atoms with Gasteiger partial charge in [-0.3, -0.25) is 4.68 Å². The molecule has 1 fully saturated rings. The molecule has 1 saturated heterocycles. The minimum atomic E-state index is 0.397. The van der Waals surface area contributed by atoms with Crippen molar-refractivity contribution in [1.82, 2.24) is 14.8 Å². The SMILES string of the molecule is c1ccc2oc(N3CCCC(n4cccn4)C3)nc2c1. The summed E-state index contributed by atoms with van der Waals surface area (Å²) in [5, 5.41) is 4.35. The van der Waals surface area contributed by atoms with Gasteiger partial charge in [-0.1, -0.05) is 12.1 Å². The van der Waals surface area contributed by atoms with Crippen LogP contribution in [0.2, 0.25) is 0 Å². The summed E-state index contributed by atoms with van der Waals surface area (Å²) in [6.07, 6.45) is 6.14. The van der Waals surface area contributed by atoms with Gasteiger partial charge < -0.3 is 9.32 Å². The molecule has 5 heteroatoms. The molecule has 1 aromatic carbocycles. The normalized spacial score (nSPS) is 19.6. The molecule has 2 aromatic heterocycles. The van der Waals surface area contributed by atoms with Crippen LogP contribution in [0.1, 0.15) is 18.9 Å². The number of nitrogens with zero attached hydrogens (tertiary/aromatic N) is 4. The summed E-state index contributed by atoms with van der Waals surface area (Å²) in [6.45, 7) is 1.89. The summed E-state index contributed by atoms with van der Waals surface area (Å²) in [4.78, 5) is 6.80. The summed E-state index contributed by atoms with van der Waals surface area (Å²) >= 11 is 0. The molecular weight excluding hydrogens is 252 g/mol. The Balaban J connectivity index is 1.61. The molecule has 0 bridgehead atoms. The van der Waals surface area contributed by atoms with Crippen molar-refractivity contribution in [1.29, 1.82) is 0 Å². The lowest BCUT2D eigenvalue weighted by Crippen LogP contribution is -2.37. The summed E-state index contributed by atoms with van der Waals surface area (Å²) in [5.74, 6) is 0. The molecule has 4 rings (SSSR count). The van der Waals surface area contributed by atoms with Gasteiger partial charge in [0.2, 0.25) is 0 Å². The molecule has 0 aliphatic carbocycles. The topological polar surface area (TPSA) is 47.1 Å². The van der Waals surface area contributed by atoms with Crippen LogP contribution in [-0.4, -0.2) is 27.9 Å². The Morgan fingerprint density at radius 2 is 2.15 bits per heavy atom. The summed E-state index contributed by atoms with van der Waals surface area (Å²) in [5.41, 5.74) is 1.77. The van der Waals surface area contributed by atoms with E-state index in [-0.39, 0.29) is 0 Å². The molecule has 0 spiro atoms. The van der Waals surface area contributed by atoms with E-state index in [1.165, 1.54) is 0 Å². The van der Waals surface area contributed by atoms with Gasteiger partial charge >= 0.3 is 0 Å². The molecule has 3 aromatic rings. The number of piperidine rings is 1. The first-order valence-electron chi connectivity index (χ1n) is 7.00. The number of hydrogen-bond donors (Lipinski definition) is 0. The van der Waals surface area contributed by atoms with E-state index in [4.69, 9.17) is 4.42 Å². The first-order chi connectivity index (χ1) is 9.90. The number of fused-ring (bicyclic) bond motifs is 1. The fraction of sp³-hybridized carbons (Fsp3) is 0.333. The van der Waals surface area contributed by atoms with Crippen molar-refractivity contribution in [3.05, 3.63) is 42.7 Å². The molecule has 0 radical (unpaired) electrons. The Labute approximate surface area is 116 Å². The van der Waals surface area contributed by atoms with E-state index in [9.17, 15) is 0 Å². The van der Waals surface area contributed by atoms with Gasteiger partial charge in [0.1, 0.15) is 5.52 Å². The Morgan fingerprint density at radius 3 is 3.00 bits per heavy atom. The highest BCUT2D eigenvalue weighted by atomic mass is 16.4. The van der Waals surface area contributed by atoms with Crippen molar-refractivity contribution in [2.24, 2.45) is 0 Å². The highest BCUT2D eigenvalue weighted by Crippen LogP contribution is 2.27. The van der Waals surface area contributed by atoms with Crippen LogP contribution in [0.5, 0.6) is 0 Å². The van der Waals surface area contributed by atoms with Crippen LogP contribution >= 0.6 is 0 Å². The molecule has 1 aliphatic rings. The number of hydrogen-bond acceptors (Lipinski definition) is 4. The first kappa shape index (κ1) is 11.5. The van der Waals surface area contributed by atoms with Crippen molar-refractivity contribution in [2.75, 3.05) is 18.0 Å². The lowest BCUT2D eigenvalue weighted by molar-refractivity contribution is 0.363. The molecule has 0 saturated carbocycles. The van der Waals surface area contributed by atoms with E-state index in [1.807, 2.05) is 47.4 Å². The molecule has 20 heavy (non-hydrogen) atoms. The molecule has 1 atom stereocenters. The van der Waals surface area contributed by atoms with E-state index in [0.29, 0.717) is 6.04 Å². The van der Waals surface area contributed by atoms with Crippen molar-refractivity contribution < 1.29 is 4.42 Å². The number of para-hydroxylation sites is 2. The van der Waals surface area contributed by atoms with E-state index in [1.54, 1.807) is 0 Å². The van der Waals surface area contributed by atoms with E-state index < -0.39 is 0 Å². The highest BCUT2D eigenvalue weighted by Gasteiger charge is 2.24. The molecule has 1 aliphatic heterocycles. The Morgan fingerprint density at radius 1 is 1.20 bits per heavy atom. The first-order valence-corrected chi connectivity index (χ1v) is 7.00. The maximum absolute atomic E-state index is 5.86. The zero-order chi connectivity index (χ0) is 13.4. The average Bonchev–Trinajstić information content (AvgIpc) is 3.16. The van der Waals surface area contributed by atoms with Gasteiger partial charge in [-0.25, -0.2) is 0 Å². The lowest BCUT2D eigenvalue weighted by Gasteiger charge is -2.31. The van der Waals surface area contributed by atoms with Gasteiger partial charge in [0, 0.05) is 25.5 Å². The molecule has 0 amide bonds. The summed E-state index contributed by atoms with van der Waals surface area (Å²) in [6, 6.07) is 11.0. The van der Waals surface area contributed by atoms with Crippen LogP contribution < -0.4 is 4.90 Å². The predicted molar refractivity (Wildman–Crippen MR) is 76.7 cm³/mol. The maximum atomic E-state index is 5.86. The number of rotatable bonds is 2. The van der Waals surface area contributed by atoms with Gasteiger partial charge in [-0.15, -0.1) is 0 Å². The second-order valence-corrected chi connectivity index (χ2v) is 5.19. The summed E-state index contributed by atoms with van der Waals surface area (Å²) < 4.78 is 7.89. The third kappa shape index (κ3) is 1.95. The van der Waals surface area contributed by atoms with E-state index in [0.717, 1.165) is 43.0 Å². The number of anilines is 1. The fourth-order valence-electron chi connectivity index (χ4n) is 2.84. The molecule has 102 valence electrons. The van der Waals surface area contributed by atoms with Crippen LogP contribution in [0, 0.1) is 0 Å². The van der Waals surface area contributed by atoms with Crippen LogP contribution in [-0.2, 0) is 0 Å². The number of benzene rings is 1. The van der Waals surface area contributed by atoms with Gasteiger partial charge in [0.15, 0.2) is 5.58 Å². The maximum Gasteiger partial charge on any atom is 0.298 e. The van der Waals surface area contributed by atoms with Crippen molar-refractivity contribution in [3.8, 4) is 0 Å². The monoisotopic (exact) mass is 268 g/mol. The lowest BCUT2D eigenvalue weighted by atomic mass is 10.1. The largest absolute Gasteiger partial charge is 0.423 e. The second-order valence-electron chi connectivity index (χ2n) is 5.19. The Bertz CT molecular complexity index is 671. The number of oxazole rings is 1. The van der Waals surface area contributed by atoms with E-state index >= 15 is 0 Å². The van der Waals surface area contributed by atoms with Crippen LogP contribution in [0.3, 0.4) is 0 Å². The van der Waals surface area contributed by atoms with Crippen molar-refractivity contribution in [2.45, 2.75) is 18.9 Å². The van der Waals surface area contributed by atoms with Crippen molar-refractivity contribution >= 4 is 17.1 Å². The zero-order valence-electron chi connectivity index (χ0n) is 11.1. The minimum Gasteiger partial charge on any atom is -0.423 e. The predicted octanol–water partition coefficient (Wildman–Crippen LogP) is 2.87. The minimum absolute atomic E-state index is 0.397. The summed E-state index contributed by atoms with van der Waals surface area (Å²) in [7, 11) is 0. The van der Waals surface area contributed by atoms with Gasteiger partial charge in [-0.2, -0.15) is 10.1 Å². The fourth-order valence-corrected chi connectivity index (χ4v) is 2.84. The molecule has 0 N–H and O–H groups in total. The zero-order valence-corrected chi connectivity index (χ0v) is 11.1. The van der Waals surface area contributed by atoms with Gasteiger partial charge in [-0.05, 0) is 31.0 Å². The van der Waals surface area contributed by atoms with Gasteiger partial charge in [0.25, 0.3) is 6.01 Å². The average molecular weight is 268 g/mol. The Hall–Kier alpha value is -2.30. The second kappa shape index (κ2) is 4.67. The van der Waals surface area contributed by atoms with E-state index in [2.05, 4.69) is 15.0 Å². The van der Waals surface area contributed by atoms with Crippen LogP contribution in [0.25, 0.3) is 11.1 Å². The van der Waals surface area contributed by atoms with Gasteiger partial charge in [0.05, 0.1) is 6.04 Å². The Kier molecular flexibility index (Phi) is 2.69. The molecule has 3 heterocycles.